The zero-order chi connectivity index (χ0) is 22.7. The van der Waals surface area contributed by atoms with Crippen molar-refractivity contribution in [2.75, 3.05) is 13.2 Å². The van der Waals surface area contributed by atoms with Crippen molar-refractivity contribution in [2.24, 2.45) is 0 Å². The van der Waals surface area contributed by atoms with E-state index in [0.717, 1.165) is 48.2 Å². The molecule has 8 rings (SSSR count). The highest BCUT2D eigenvalue weighted by atomic mass is 16.5. The van der Waals surface area contributed by atoms with E-state index in [-0.39, 0.29) is 23.8 Å². The Hall–Kier alpha value is -3.02. The van der Waals surface area contributed by atoms with Gasteiger partial charge in [-0.15, -0.1) is 0 Å². The number of rotatable bonds is 6. The maximum absolute atomic E-state index is 12.8. The lowest BCUT2D eigenvalue weighted by Crippen LogP contribution is -2.20. The van der Waals surface area contributed by atoms with Crippen LogP contribution >= 0.6 is 0 Å². The second kappa shape index (κ2) is 7.79. The molecule has 0 saturated carbocycles. The van der Waals surface area contributed by atoms with Gasteiger partial charge in [0.1, 0.15) is 11.4 Å². The summed E-state index contributed by atoms with van der Waals surface area (Å²) in [4.78, 5) is 32.6. The molecule has 0 radical (unpaired) electrons. The Labute approximate surface area is 193 Å². The number of nitrogens with one attached hydrogen (secondary N) is 2. The van der Waals surface area contributed by atoms with Gasteiger partial charge in [-0.05, 0) is 61.8 Å². The van der Waals surface area contributed by atoms with Crippen molar-refractivity contribution in [3.8, 4) is 0 Å². The highest BCUT2D eigenvalue weighted by Crippen LogP contribution is 2.51. The molecule has 4 bridgehead atoms. The summed E-state index contributed by atoms with van der Waals surface area (Å²) in [6, 6.07) is 0. The second-order valence-corrected chi connectivity index (χ2v) is 9.58. The van der Waals surface area contributed by atoms with Crippen LogP contribution in [0.25, 0.3) is 0 Å². The standard InChI is InChI=1S/C27H30N2O4/c1-3-32-26(30)24-22-16-9-5-14(6-10-16)20(22)18(28-24)13-19-21-15-7-11-17(12-8-15)23(21)25(29-19)27(31)33-4-2/h5,7,9,11,14-17,28-29H,3-4,6,8,10,12-13H2,1-2H3. The van der Waals surface area contributed by atoms with Gasteiger partial charge in [0.15, 0.2) is 0 Å². The highest BCUT2D eigenvalue weighted by Gasteiger charge is 2.40. The van der Waals surface area contributed by atoms with Crippen LogP contribution in [-0.2, 0) is 15.9 Å². The van der Waals surface area contributed by atoms with Crippen molar-refractivity contribution < 1.29 is 19.1 Å². The monoisotopic (exact) mass is 446 g/mol. The lowest BCUT2D eigenvalue weighted by atomic mass is 9.70. The third-order valence-corrected chi connectivity index (χ3v) is 7.85. The predicted molar refractivity (Wildman–Crippen MR) is 124 cm³/mol. The minimum absolute atomic E-state index is 0.265. The Balaban J connectivity index is 1.45. The van der Waals surface area contributed by atoms with Gasteiger partial charge in [0.05, 0.1) is 13.2 Å². The van der Waals surface area contributed by atoms with Gasteiger partial charge in [-0.1, -0.05) is 24.3 Å². The van der Waals surface area contributed by atoms with E-state index < -0.39 is 0 Å². The van der Waals surface area contributed by atoms with Gasteiger partial charge in [-0.25, -0.2) is 9.59 Å². The van der Waals surface area contributed by atoms with E-state index in [4.69, 9.17) is 9.47 Å². The molecule has 0 saturated heterocycles. The summed E-state index contributed by atoms with van der Waals surface area (Å²) in [6.07, 6.45) is 14.1. The largest absolute Gasteiger partial charge is 0.461 e. The van der Waals surface area contributed by atoms with Gasteiger partial charge in [0, 0.05) is 41.5 Å². The van der Waals surface area contributed by atoms with Crippen molar-refractivity contribution in [2.45, 2.75) is 69.6 Å². The van der Waals surface area contributed by atoms with Crippen LogP contribution in [0.1, 0.15) is 118 Å². The predicted octanol–water partition coefficient (Wildman–Crippen LogP) is 5.35. The summed E-state index contributed by atoms with van der Waals surface area (Å²) in [5.41, 5.74) is 8.10. The van der Waals surface area contributed by atoms with E-state index >= 15 is 0 Å². The molecule has 2 N–H and O–H groups in total. The summed E-state index contributed by atoms with van der Waals surface area (Å²) < 4.78 is 10.8. The van der Waals surface area contributed by atoms with Gasteiger partial charge >= 0.3 is 11.9 Å². The van der Waals surface area contributed by atoms with Gasteiger partial charge in [-0.2, -0.15) is 0 Å². The number of H-pyrrole nitrogens is 2. The molecule has 0 aliphatic heterocycles. The average molecular weight is 447 g/mol. The third kappa shape index (κ3) is 3.06. The van der Waals surface area contributed by atoms with Gasteiger partial charge in [0.2, 0.25) is 0 Å². The number of hydrogen-bond acceptors (Lipinski definition) is 4. The SMILES string of the molecule is CCOC(=O)c1[nH]c(Cc2[nH]c(C(=O)OCC)c3c2C2C=CC3CC2)c2c1C1C=CC2CC1. The van der Waals surface area contributed by atoms with E-state index in [1.807, 2.05) is 13.8 Å². The number of carbonyl (C=O) groups excluding carboxylic acids is 2. The van der Waals surface area contributed by atoms with Gasteiger partial charge in [0.25, 0.3) is 0 Å². The molecule has 2 aromatic heterocycles. The number of aromatic nitrogens is 2. The van der Waals surface area contributed by atoms with E-state index in [2.05, 4.69) is 34.3 Å². The Morgan fingerprint density at radius 3 is 1.39 bits per heavy atom. The van der Waals surface area contributed by atoms with Crippen molar-refractivity contribution in [1.29, 1.82) is 0 Å². The van der Waals surface area contributed by atoms with Gasteiger partial charge in [-0.3, -0.25) is 0 Å². The molecule has 0 aromatic carbocycles. The first-order valence-corrected chi connectivity index (χ1v) is 12.3. The van der Waals surface area contributed by atoms with E-state index in [0.29, 0.717) is 42.9 Å². The molecule has 6 aliphatic carbocycles. The van der Waals surface area contributed by atoms with Crippen LogP contribution in [0.4, 0.5) is 0 Å². The zero-order valence-corrected chi connectivity index (χ0v) is 19.2. The number of ether oxygens (including phenoxy) is 2. The van der Waals surface area contributed by atoms with Crippen molar-refractivity contribution >= 4 is 11.9 Å². The lowest BCUT2D eigenvalue weighted by molar-refractivity contribution is 0.0509. The van der Waals surface area contributed by atoms with E-state index in [1.165, 1.54) is 11.1 Å². The number of allylic oxidation sites excluding steroid dienone is 4. The number of aromatic amines is 2. The van der Waals surface area contributed by atoms with Gasteiger partial charge < -0.3 is 19.4 Å². The van der Waals surface area contributed by atoms with Crippen molar-refractivity contribution in [3.05, 3.63) is 69.3 Å². The van der Waals surface area contributed by atoms with Crippen LogP contribution in [0.3, 0.4) is 0 Å². The zero-order valence-electron chi connectivity index (χ0n) is 19.2. The van der Waals surface area contributed by atoms with Crippen LogP contribution < -0.4 is 0 Å². The molecule has 172 valence electrons. The molecular weight excluding hydrogens is 416 g/mol. The van der Waals surface area contributed by atoms with Crippen molar-refractivity contribution in [1.82, 2.24) is 9.97 Å². The molecule has 6 aliphatic rings. The maximum atomic E-state index is 12.8. The second-order valence-electron chi connectivity index (χ2n) is 9.58. The molecule has 6 nitrogen and oxygen atoms in total. The summed E-state index contributed by atoms with van der Waals surface area (Å²) in [7, 11) is 0. The maximum Gasteiger partial charge on any atom is 0.355 e. The lowest BCUT2D eigenvalue weighted by Gasteiger charge is -2.33. The molecule has 0 fully saturated rings. The first-order chi connectivity index (χ1) is 16.1. The molecule has 2 aromatic rings. The number of carbonyl (C=O) groups is 2. The Morgan fingerprint density at radius 2 is 1.06 bits per heavy atom. The smallest absolute Gasteiger partial charge is 0.355 e. The molecule has 2 heterocycles. The molecular formula is C27H30N2O4. The topological polar surface area (TPSA) is 84.2 Å². The summed E-state index contributed by atoms with van der Waals surface area (Å²) in [6.45, 7) is 4.39. The first-order valence-electron chi connectivity index (χ1n) is 12.3. The summed E-state index contributed by atoms with van der Waals surface area (Å²) in [5, 5.41) is 0. The minimum atomic E-state index is -0.274. The fraction of sp³-hybridized carbons (Fsp3) is 0.481. The number of esters is 2. The Kier molecular flexibility index (Phi) is 4.86. The summed E-state index contributed by atoms with van der Waals surface area (Å²) in [5.74, 6) is 0.631. The van der Waals surface area contributed by atoms with E-state index in [1.54, 1.807) is 0 Å². The van der Waals surface area contributed by atoms with Crippen LogP contribution in [0.5, 0.6) is 0 Å². The number of hydrogen-bond donors (Lipinski definition) is 2. The van der Waals surface area contributed by atoms with Crippen molar-refractivity contribution in [3.63, 3.8) is 0 Å². The fourth-order valence-corrected chi connectivity index (χ4v) is 6.57. The van der Waals surface area contributed by atoms with Crippen LogP contribution in [0.2, 0.25) is 0 Å². The fourth-order valence-electron chi connectivity index (χ4n) is 6.57. The Morgan fingerprint density at radius 1 is 0.697 bits per heavy atom. The molecule has 4 atom stereocenters. The normalized spacial score (nSPS) is 25.8. The molecule has 33 heavy (non-hydrogen) atoms. The first kappa shape index (κ1) is 20.6. The van der Waals surface area contributed by atoms with Crippen LogP contribution in [0, 0.1) is 0 Å². The quantitative estimate of drug-likeness (QED) is 0.463. The molecule has 0 spiro atoms. The van der Waals surface area contributed by atoms with Crippen LogP contribution in [-0.4, -0.2) is 35.1 Å². The molecule has 0 amide bonds. The minimum Gasteiger partial charge on any atom is -0.461 e. The molecule has 6 heteroatoms. The molecule has 4 unspecified atom stereocenters. The van der Waals surface area contributed by atoms with E-state index in [9.17, 15) is 9.59 Å². The third-order valence-electron chi connectivity index (χ3n) is 7.85. The average Bonchev–Trinajstić information content (AvgIpc) is 3.44. The summed E-state index contributed by atoms with van der Waals surface area (Å²) >= 11 is 0. The number of fused-ring (bicyclic) bond motifs is 2. The Bertz CT molecular complexity index is 1110. The van der Waals surface area contributed by atoms with Crippen LogP contribution in [0.15, 0.2) is 24.3 Å². The highest BCUT2D eigenvalue weighted by molar-refractivity contribution is 5.92.